The van der Waals surface area contributed by atoms with Crippen molar-refractivity contribution in [1.29, 1.82) is 5.26 Å². The first-order valence-corrected chi connectivity index (χ1v) is 13.1. The predicted octanol–water partition coefficient (Wildman–Crippen LogP) is 2.84. The van der Waals surface area contributed by atoms with Gasteiger partial charge in [0.25, 0.3) is 5.91 Å². The van der Waals surface area contributed by atoms with Crippen LogP contribution in [0.15, 0.2) is 41.4 Å². The van der Waals surface area contributed by atoms with Crippen LogP contribution in [-0.2, 0) is 15.8 Å². The van der Waals surface area contributed by atoms with Crippen molar-refractivity contribution in [3.63, 3.8) is 0 Å². The Morgan fingerprint density at radius 1 is 1.19 bits per heavy atom. The minimum absolute atomic E-state index is 0.0491. The standard InChI is InChI=1S/C22H24N4O3S2/c1-30-21-19(14-23)18(13-20(24-21)17-7-8-17)22(27)25-9-11-26(12-10-25)31(28,29)15-16-5-3-2-4-6-16/h2-6,13,17H,7-12,15H2,1H3. The Balaban J connectivity index is 1.49. The molecule has 0 N–H and O–H groups in total. The molecule has 2 aliphatic rings. The second kappa shape index (κ2) is 8.99. The summed E-state index contributed by atoms with van der Waals surface area (Å²) < 4.78 is 27.0. The first kappa shape index (κ1) is 21.8. The van der Waals surface area contributed by atoms with Crippen LogP contribution in [0.3, 0.4) is 0 Å². The molecule has 0 unspecified atom stereocenters. The van der Waals surface area contributed by atoms with Crippen LogP contribution in [0.5, 0.6) is 0 Å². The highest BCUT2D eigenvalue weighted by Crippen LogP contribution is 2.40. The molecule has 0 radical (unpaired) electrons. The maximum Gasteiger partial charge on any atom is 0.255 e. The van der Waals surface area contributed by atoms with Crippen molar-refractivity contribution in [2.24, 2.45) is 0 Å². The van der Waals surface area contributed by atoms with E-state index >= 15 is 0 Å². The number of piperazine rings is 1. The Morgan fingerprint density at radius 3 is 2.45 bits per heavy atom. The van der Waals surface area contributed by atoms with Gasteiger partial charge in [0, 0.05) is 37.8 Å². The number of carbonyl (C=O) groups is 1. The van der Waals surface area contributed by atoms with Crippen LogP contribution >= 0.6 is 11.8 Å². The van der Waals surface area contributed by atoms with Crippen molar-refractivity contribution in [2.45, 2.75) is 29.5 Å². The number of nitriles is 1. The molecule has 0 bridgehead atoms. The minimum Gasteiger partial charge on any atom is -0.336 e. The number of sulfonamides is 1. The fourth-order valence-corrected chi connectivity index (χ4v) is 5.84. The third-order valence-electron chi connectivity index (χ3n) is 5.65. The number of rotatable bonds is 6. The number of amides is 1. The third-order valence-corrected chi connectivity index (χ3v) is 8.18. The summed E-state index contributed by atoms with van der Waals surface area (Å²) in [5.41, 5.74) is 2.30. The number of benzene rings is 1. The second-order valence-electron chi connectivity index (χ2n) is 7.80. The van der Waals surface area contributed by atoms with Gasteiger partial charge in [-0.15, -0.1) is 11.8 Å². The molecule has 2 aromatic rings. The molecule has 1 aliphatic heterocycles. The maximum atomic E-state index is 13.3. The van der Waals surface area contributed by atoms with E-state index in [0.29, 0.717) is 35.2 Å². The topological polar surface area (TPSA) is 94.4 Å². The number of pyridine rings is 1. The smallest absolute Gasteiger partial charge is 0.255 e. The van der Waals surface area contributed by atoms with Gasteiger partial charge in [-0.05, 0) is 30.7 Å². The van der Waals surface area contributed by atoms with Gasteiger partial charge in [0.2, 0.25) is 10.0 Å². The van der Waals surface area contributed by atoms with Crippen LogP contribution in [-0.4, -0.2) is 60.9 Å². The van der Waals surface area contributed by atoms with Gasteiger partial charge in [0.1, 0.15) is 11.1 Å². The molecule has 7 nitrogen and oxygen atoms in total. The lowest BCUT2D eigenvalue weighted by Crippen LogP contribution is -2.50. The Labute approximate surface area is 187 Å². The lowest BCUT2D eigenvalue weighted by Gasteiger charge is -2.34. The molecule has 1 saturated heterocycles. The summed E-state index contributed by atoms with van der Waals surface area (Å²) in [5, 5.41) is 10.2. The van der Waals surface area contributed by atoms with Crippen molar-refractivity contribution < 1.29 is 13.2 Å². The molecular formula is C22H24N4O3S2. The van der Waals surface area contributed by atoms with Crippen molar-refractivity contribution in [3.8, 4) is 6.07 Å². The highest BCUT2D eigenvalue weighted by Gasteiger charge is 2.32. The van der Waals surface area contributed by atoms with Crippen molar-refractivity contribution >= 4 is 27.7 Å². The van der Waals surface area contributed by atoms with E-state index in [2.05, 4.69) is 11.1 Å². The third kappa shape index (κ3) is 4.76. The zero-order chi connectivity index (χ0) is 22.0. The molecule has 1 saturated carbocycles. The molecule has 9 heteroatoms. The van der Waals surface area contributed by atoms with E-state index in [4.69, 9.17) is 0 Å². The van der Waals surface area contributed by atoms with Gasteiger partial charge in [0.15, 0.2) is 0 Å². The monoisotopic (exact) mass is 456 g/mol. The average Bonchev–Trinajstić information content (AvgIpc) is 3.63. The van der Waals surface area contributed by atoms with E-state index in [9.17, 15) is 18.5 Å². The zero-order valence-electron chi connectivity index (χ0n) is 17.3. The highest BCUT2D eigenvalue weighted by molar-refractivity contribution is 7.98. The number of nitrogens with zero attached hydrogens (tertiary/aromatic N) is 4. The molecule has 2 heterocycles. The Hall–Kier alpha value is -2.41. The van der Waals surface area contributed by atoms with Gasteiger partial charge in [-0.25, -0.2) is 13.4 Å². The summed E-state index contributed by atoms with van der Waals surface area (Å²) in [4.78, 5) is 19.5. The van der Waals surface area contributed by atoms with Crippen LogP contribution in [0.2, 0.25) is 0 Å². The molecule has 162 valence electrons. The first-order valence-electron chi connectivity index (χ1n) is 10.2. The van der Waals surface area contributed by atoms with Crippen LogP contribution in [0.25, 0.3) is 0 Å². The summed E-state index contributed by atoms with van der Waals surface area (Å²) in [6.45, 7) is 1.10. The summed E-state index contributed by atoms with van der Waals surface area (Å²) >= 11 is 1.37. The van der Waals surface area contributed by atoms with E-state index in [1.54, 1.807) is 23.1 Å². The molecule has 1 amide bonds. The second-order valence-corrected chi connectivity index (χ2v) is 10.6. The number of thioether (sulfide) groups is 1. The Kier molecular flexibility index (Phi) is 6.32. The van der Waals surface area contributed by atoms with Gasteiger partial charge < -0.3 is 4.90 Å². The number of hydrogen-bond acceptors (Lipinski definition) is 6. The van der Waals surface area contributed by atoms with Crippen LogP contribution in [0.1, 0.15) is 45.9 Å². The predicted molar refractivity (Wildman–Crippen MR) is 119 cm³/mol. The van der Waals surface area contributed by atoms with Gasteiger partial charge in [-0.1, -0.05) is 30.3 Å². The summed E-state index contributed by atoms with van der Waals surface area (Å²) in [6, 6.07) is 13.0. The molecular weight excluding hydrogens is 432 g/mol. The van der Waals surface area contributed by atoms with E-state index < -0.39 is 10.0 Å². The van der Waals surface area contributed by atoms with Crippen LogP contribution < -0.4 is 0 Å². The van der Waals surface area contributed by atoms with E-state index in [1.807, 2.05) is 24.5 Å². The zero-order valence-corrected chi connectivity index (χ0v) is 19.0. The Bertz CT molecular complexity index is 1120. The first-order chi connectivity index (χ1) is 14.9. The molecule has 31 heavy (non-hydrogen) atoms. The molecule has 0 spiro atoms. The number of aromatic nitrogens is 1. The molecule has 2 fully saturated rings. The lowest BCUT2D eigenvalue weighted by atomic mass is 10.1. The molecule has 0 atom stereocenters. The molecule has 1 aromatic heterocycles. The van der Waals surface area contributed by atoms with Crippen molar-refractivity contribution in [2.75, 3.05) is 32.4 Å². The van der Waals surface area contributed by atoms with Crippen molar-refractivity contribution in [3.05, 3.63) is 58.8 Å². The summed E-state index contributed by atoms with van der Waals surface area (Å²) in [6.07, 6.45) is 3.96. The average molecular weight is 457 g/mol. The summed E-state index contributed by atoms with van der Waals surface area (Å²) in [5.74, 6) is 0.0912. The van der Waals surface area contributed by atoms with E-state index in [0.717, 1.165) is 24.1 Å². The molecule has 4 rings (SSSR count). The highest BCUT2D eigenvalue weighted by atomic mass is 32.2. The SMILES string of the molecule is CSc1nc(C2CC2)cc(C(=O)N2CCN(S(=O)(=O)Cc3ccccc3)CC2)c1C#N. The Morgan fingerprint density at radius 2 is 1.87 bits per heavy atom. The van der Waals surface area contributed by atoms with Crippen molar-refractivity contribution in [1.82, 2.24) is 14.2 Å². The van der Waals surface area contributed by atoms with Gasteiger partial charge in [0.05, 0.1) is 16.9 Å². The molecule has 1 aliphatic carbocycles. The van der Waals surface area contributed by atoms with Gasteiger partial charge in [-0.2, -0.15) is 9.57 Å². The molecule has 1 aromatic carbocycles. The minimum atomic E-state index is -3.45. The van der Waals surface area contributed by atoms with E-state index in [1.165, 1.54) is 16.1 Å². The van der Waals surface area contributed by atoms with Crippen LogP contribution in [0, 0.1) is 11.3 Å². The number of hydrogen-bond donors (Lipinski definition) is 0. The van der Waals surface area contributed by atoms with E-state index in [-0.39, 0.29) is 24.7 Å². The quantitative estimate of drug-likeness (QED) is 0.621. The van der Waals surface area contributed by atoms with Crippen LogP contribution in [0.4, 0.5) is 0 Å². The van der Waals surface area contributed by atoms with Gasteiger partial charge in [-0.3, -0.25) is 4.79 Å². The summed E-state index contributed by atoms with van der Waals surface area (Å²) in [7, 11) is -3.45. The largest absolute Gasteiger partial charge is 0.336 e. The lowest BCUT2D eigenvalue weighted by molar-refractivity contribution is 0.0697. The fourth-order valence-electron chi connectivity index (χ4n) is 3.77. The normalized spacial score (nSPS) is 17.4. The fraction of sp³-hybridized carbons (Fsp3) is 0.409. The maximum absolute atomic E-state index is 13.3. The number of carbonyl (C=O) groups excluding carboxylic acids is 1. The van der Waals surface area contributed by atoms with Gasteiger partial charge >= 0.3 is 0 Å².